The van der Waals surface area contributed by atoms with E-state index in [0.29, 0.717) is 0 Å². The SMILES string of the molecule is Cc1ccc2c(c1)oc1cc(C)c(NCCCBr)cc12. The van der Waals surface area contributed by atoms with E-state index < -0.39 is 0 Å². The number of benzene rings is 2. The first-order chi connectivity index (χ1) is 9.69. The summed E-state index contributed by atoms with van der Waals surface area (Å²) < 4.78 is 5.96. The third-order valence-electron chi connectivity index (χ3n) is 3.60. The molecule has 1 N–H and O–H groups in total. The minimum Gasteiger partial charge on any atom is -0.456 e. The Morgan fingerprint density at radius 1 is 1.05 bits per heavy atom. The third-order valence-corrected chi connectivity index (χ3v) is 4.16. The van der Waals surface area contributed by atoms with E-state index in [1.54, 1.807) is 0 Å². The Kier molecular flexibility index (Phi) is 3.70. The van der Waals surface area contributed by atoms with Gasteiger partial charge in [-0.05, 0) is 49.6 Å². The molecule has 0 saturated heterocycles. The number of fused-ring (bicyclic) bond motifs is 3. The summed E-state index contributed by atoms with van der Waals surface area (Å²) >= 11 is 3.46. The molecule has 1 heterocycles. The number of rotatable bonds is 4. The lowest BCUT2D eigenvalue weighted by Crippen LogP contribution is -2.03. The van der Waals surface area contributed by atoms with Gasteiger partial charge in [-0.2, -0.15) is 0 Å². The molecule has 2 nitrogen and oxygen atoms in total. The highest BCUT2D eigenvalue weighted by Gasteiger charge is 2.09. The standard InChI is InChI=1S/C17H18BrNO/c1-11-4-5-13-14-10-15(19-7-3-6-18)12(2)9-17(14)20-16(13)8-11/h4-5,8-10,19H,3,6-7H2,1-2H3. The summed E-state index contributed by atoms with van der Waals surface area (Å²) in [5, 5.41) is 6.90. The minimum absolute atomic E-state index is 0.967. The first-order valence-electron chi connectivity index (χ1n) is 6.92. The lowest BCUT2D eigenvalue weighted by atomic mass is 10.1. The molecule has 0 saturated carbocycles. The molecule has 20 heavy (non-hydrogen) atoms. The zero-order chi connectivity index (χ0) is 14.1. The van der Waals surface area contributed by atoms with Crippen molar-refractivity contribution in [1.82, 2.24) is 0 Å². The van der Waals surface area contributed by atoms with E-state index in [4.69, 9.17) is 4.42 Å². The lowest BCUT2D eigenvalue weighted by Gasteiger charge is -2.08. The molecule has 0 atom stereocenters. The van der Waals surface area contributed by atoms with Crippen LogP contribution < -0.4 is 5.32 Å². The Labute approximate surface area is 127 Å². The largest absolute Gasteiger partial charge is 0.456 e. The summed E-state index contributed by atoms with van der Waals surface area (Å²) in [7, 11) is 0. The van der Waals surface area contributed by atoms with Crippen molar-refractivity contribution >= 4 is 43.6 Å². The number of furan rings is 1. The lowest BCUT2D eigenvalue weighted by molar-refractivity contribution is 0.668. The number of alkyl halides is 1. The second kappa shape index (κ2) is 5.49. The molecule has 0 aliphatic heterocycles. The fourth-order valence-corrected chi connectivity index (χ4v) is 2.79. The van der Waals surface area contributed by atoms with Crippen LogP contribution in [0.3, 0.4) is 0 Å². The van der Waals surface area contributed by atoms with E-state index >= 15 is 0 Å². The second-order valence-electron chi connectivity index (χ2n) is 5.23. The molecule has 0 amide bonds. The topological polar surface area (TPSA) is 25.2 Å². The van der Waals surface area contributed by atoms with Crippen molar-refractivity contribution < 1.29 is 4.42 Å². The van der Waals surface area contributed by atoms with Crippen molar-refractivity contribution in [3.05, 3.63) is 41.5 Å². The van der Waals surface area contributed by atoms with Crippen LogP contribution in [0.4, 0.5) is 5.69 Å². The van der Waals surface area contributed by atoms with Crippen molar-refractivity contribution in [2.75, 3.05) is 17.2 Å². The Bertz CT molecular complexity index is 760. The molecule has 3 aromatic rings. The predicted octanol–water partition coefficient (Wildman–Crippen LogP) is 5.40. The molecular formula is C17H18BrNO. The maximum absolute atomic E-state index is 5.96. The highest BCUT2D eigenvalue weighted by atomic mass is 79.9. The first-order valence-corrected chi connectivity index (χ1v) is 8.04. The molecule has 3 heteroatoms. The average Bonchev–Trinajstić information content (AvgIpc) is 2.75. The van der Waals surface area contributed by atoms with Crippen molar-refractivity contribution in [1.29, 1.82) is 0 Å². The summed E-state index contributed by atoms with van der Waals surface area (Å²) in [6.45, 7) is 5.19. The number of hydrogen-bond acceptors (Lipinski definition) is 2. The highest BCUT2D eigenvalue weighted by Crippen LogP contribution is 2.33. The normalized spacial score (nSPS) is 11.3. The van der Waals surface area contributed by atoms with Crippen LogP contribution in [0.1, 0.15) is 17.5 Å². The van der Waals surface area contributed by atoms with E-state index in [0.717, 1.165) is 29.5 Å². The van der Waals surface area contributed by atoms with Gasteiger partial charge in [-0.1, -0.05) is 28.1 Å². The predicted molar refractivity (Wildman–Crippen MR) is 90.1 cm³/mol. The van der Waals surface area contributed by atoms with E-state index in [1.165, 1.54) is 27.6 Å². The molecule has 0 aliphatic rings. The number of hydrogen-bond donors (Lipinski definition) is 1. The van der Waals surface area contributed by atoms with Gasteiger partial charge in [-0.25, -0.2) is 0 Å². The van der Waals surface area contributed by atoms with Gasteiger partial charge in [-0.15, -0.1) is 0 Å². The van der Waals surface area contributed by atoms with Crippen LogP contribution >= 0.6 is 15.9 Å². The van der Waals surface area contributed by atoms with Gasteiger partial charge < -0.3 is 9.73 Å². The molecule has 0 unspecified atom stereocenters. The minimum atomic E-state index is 0.967. The number of halogens is 1. The first kappa shape index (κ1) is 13.5. The molecule has 0 radical (unpaired) electrons. The quantitative estimate of drug-likeness (QED) is 0.511. The molecule has 1 aromatic heterocycles. The number of anilines is 1. The summed E-state index contributed by atoms with van der Waals surface area (Å²) in [4.78, 5) is 0. The van der Waals surface area contributed by atoms with Crippen LogP contribution in [0.15, 0.2) is 34.7 Å². The molecule has 0 aliphatic carbocycles. The Morgan fingerprint density at radius 3 is 2.65 bits per heavy atom. The summed E-state index contributed by atoms with van der Waals surface area (Å²) in [6, 6.07) is 10.7. The van der Waals surface area contributed by atoms with Gasteiger partial charge in [0.2, 0.25) is 0 Å². The molecular weight excluding hydrogens is 314 g/mol. The van der Waals surface area contributed by atoms with Gasteiger partial charge in [-0.3, -0.25) is 0 Å². The molecule has 3 rings (SSSR count). The van der Waals surface area contributed by atoms with Gasteiger partial charge in [0.25, 0.3) is 0 Å². The Hall–Kier alpha value is -1.48. The van der Waals surface area contributed by atoms with E-state index in [9.17, 15) is 0 Å². The van der Waals surface area contributed by atoms with Crippen LogP contribution in [0.5, 0.6) is 0 Å². The van der Waals surface area contributed by atoms with Gasteiger partial charge in [0.1, 0.15) is 11.2 Å². The van der Waals surface area contributed by atoms with E-state index in [2.05, 4.69) is 65.4 Å². The summed E-state index contributed by atoms with van der Waals surface area (Å²) in [5.74, 6) is 0. The zero-order valence-electron chi connectivity index (χ0n) is 11.8. The fraction of sp³-hybridized carbons (Fsp3) is 0.294. The maximum Gasteiger partial charge on any atom is 0.135 e. The van der Waals surface area contributed by atoms with Crippen LogP contribution in [0.25, 0.3) is 21.9 Å². The smallest absolute Gasteiger partial charge is 0.135 e. The maximum atomic E-state index is 5.96. The van der Waals surface area contributed by atoms with Crippen LogP contribution in [0.2, 0.25) is 0 Å². The molecule has 0 spiro atoms. The van der Waals surface area contributed by atoms with E-state index in [1.807, 2.05) is 0 Å². The Balaban J connectivity index is 2.10. The van der Waals surface area contributed by atoms with Crippen molar-refractivity contribution in [3.63, 3.8) is 0 Å². The van der Waals surface area contributed by atoms with Gasteiger partial charge in [0, 0.05) is 28.3 Å². The van der Waals surface area contributed by atoms with Gasteiger partial charge >= 0.3 is 0 Å². The van der Waals surface area contributed by atoms with Gasteiger partial charge in [0.15, 0.2) is 0 Å². The third kappa shape index (κ3) is 2.42. The zero-order valence-corrected chi connectivity index (χ0v) is 13.4. The summed E-state index contributed by atoms with van der Waals surface area (Å²) in [5.41, 5.74) is 5.58. The van der Waals surface area contributed by atoms with Crippen LogP contribution in [-0.4, -0.2) is 11.9 Å². The summed E-state index contributed by atoms with van der Waals surface area (Å²) in [6.07, 6.45) is 1.11. The van der Waals surface area contributed by atoms with E-state index in [-0.39, 0.29) is 0 Å². The van der Waals surface area contributed by atoms with Crippen LogP contribution in [0, 0.1) is 13.8 Å². The molecule has 0 bridgehead atoms. The van der Waals surface area contributed by atoms with Gasteiger partial charge in [0.05, 0.1) is 0 Å². The highest BCUT2D eigenvalue weighted by molar-refractivity contribution is 9.09. The van der Waals surface area contributed by atoms with Crippen molar-refractivity contribution in [3.8, 4) is 0 Å². The second-order valence-corrected chi connectivity index (χ2v) is 6.03. The molecule has 0 fully saturated rings. The average molecular weight is 332 g/mol. The fourth-order valence-electron chi connectivity index (χ4n) is 2.51. The number of nitrogens with one attached hydrogen (secondary N) is 1. The molecule has 104 valence electrons. The molecule has 2 aromatic carbocycles. The van der Waals surface area contributed by atoms with Crippen molar-refractivity contribution in [2.24, 2.45) is 0 Å². The number of aryl methyl sites for hydroxylation is 2. The Morgan fingerprint density at radius 2 is 1.85 bits per heavy atom. The monoisotopic (exact) mass is 331 g/mol. The van der Waals surface area contributed by atoms with Crippen LogP contribution in [-0.2, 0) is 0 Å². The van der Waals surface area contributed by atoms with Crippen molar-refractivity contribution in [2.45, 2.75) is 20.3 Å².